The van der Waals surface area contributed by atoms with Crippen molar-refractivity contribution in [2.45, 2.75) is 13.3 Å². The van der Waals surface area contributed by atoms with Crippen LogP contribution in [0.1, 0.15) is 13.3 Å². The lowest BCUT2D eigenvalue weighted by Gasteiger charge is -2.07. The van der Waals surface area contributed by atoms with E-state index < -0.39 is 12.0 Å². The topological polar surface area (TPSA) is 63.7 Å². The number of nitrogens with zero attached hydrogens (tertiary/aromatic N) is 1. The molecule has 0 radical (unpaired) electrons. The van der Waals surface area contributed by atoms with Crippen molar-refractivity contribution in [3.05, 3.63) is 0 Å². The average Bonchev–Trinajstić information content (AvgIpc) is 2.33. The van der Waals surface area contributed by atoms with Gasteiger partial charge in [0, 0.05) is 0 Å². The fraction of sp³-hybridized carbons (Fsp3) is 0.571. The van der Waals surface area contributed by atoms with E-state index in [1.54, 1.807) is 0 Å². The Morgan fingerprint density at radius 3 is 2.67 bits per heavy atom. The number of carbonyl (C=O) groups excluding carboxylic acids is 3. The molecule has 1 rings (SSSR count). The van der Waals surface area contributed by atoms with E-state index in [1.165, 1.54) is 6.92 Å². The van der Waals surface area contributed by atoms with Crippen LogP contribution in [-0.4, -0.2) is 35.8 Å². The van der Waals surface area contributed by atoms with Crippen molar-refractivity contribution in [3.63, 3.8) is 0 Å². The van der Waals surface area contributed by atoms with Gasteiger partial charge in [0.2, 0.25) is 5.91 Å². The lowest BCUT2D eigenvalue weighted by atomic mass is 10.3. The predicted molar refractivity (Wildman–Crippen MR) is 38.4 cm³/mol. The van der Waals surface area contributed by atoms with Crippen LogP contribution in [0.5, 0.6) is 0 Å². The third kappa shape index (κ3) is 1.81. The second-order valence-electron chi connectivity index (χ2n) is 2.54. The second-order valence-corrected chi connectivity index (χ2v) is 2.54. The fourth-order valence-corrected chi connectivity index (χ4v) is 0.928. The normalized spacial score (nSPS) is 16.1. The first kappa shape index (κ1) is 8.70. The van der Waals surface area contributed by atoms with Gasteiger partial charge in [0.15, 0.2) is 0 Å². The molecule has 1 aliphatic heterocycles. The van der Waals surface area contributed by atoms with Gasteiger partial charge >= 0.3 is 6.09 Å². The van der Waals surface area contributed by atoms with Crippen LogP contribution in [0, 0.1) is 0 Å². The summed E-state index contributed by atoms with van der Waals surface area (Å²) in [4.78, 5) is 33.3. The van der Waals surface area contributed by atoms with Crippen molar-refractivity contribution in [2.24, 2.45) is 0 Å². The minimum atomic E-state index is -0.652. The molecular weight excluding hydrogens is 162 g/mol. The maximum absolute atomic E-state index is 11.1. The second kappa shape index (κ2) is 3.34. The Morgan fingerprint density at radius 1 is 1.58 bits per heavy atom. The summed E-state index contributed by atoms with van der Waals surface area (Å²) in [6.45, 7) is 1.78. The summed E-state index contributed by atoms with van der Waals surface area (Å²) in [6.07, 6.45) is -0.879. The molecule has 1 aliphatic rings. The Kier molecular flexibility index (Phi) is 2.42. The third-order valence-corrected chi connectivity index (χ3v) is 1.46. The monoisotopic (exact) mass is 171 g/mol. The average molecular weight is 171 g/mol. The zero-order valence-electron chi connectivity index (χ0n) is 6.70. The van der Waals surface area contributed by atoms with Crippen LogP contribution in [0.4, 0.5) is 4.79 Å². The number of hydrogen-bond acceptors (Lipinski definition) is 4. The Morgan fingerprint density at radius 2 is 2.25 bits per heavy atom. The Balaban J connectivity index is 2.52. The van der Waals surface area contributed by atoms with Gasteiger partial charge in [-0.3, -0.25) is 9.59 Å². The number of ketones is 1. The molecule has 2 amide bonds. The van der Waals surface area contributed by atoms with Crippen LogP contribution in [0.25, 0.3) is 0 Å². The molecule has 0 unspecified atom stereocenters. The van der Waals surface area contributed by atoms with Gasteiger partial charge in [-0.15, -0.1) is 0 Å². The van der Waals surface area contributed by atoms with Crippen LogP contribution in [0.15, 0.2) is 0 Å². The number of amides is 2. The zero-order valence-corrected chi connectivity index (χ0v) is 6.70. The van der Waals surface area contributed by atoms with Gasteiger partial charge in [0.05, 0.1) is 13.0 Å². The molecule has 0 aromatic carbocycles. The zero-order chi connectivity index (χ0) is 9.14. The summed E-state index contributed by atoms with van der Waals surface area (Å²) < 4.78 is 4.52. The highest BCUT2D eigenvalue weighted by atomic mass is 16.6. The van der Waals surface area contributed by atoms with E-state index in [-0.39, 0.29) is 25.4 Å². The Hall–Kier alpha value is -1.39. The molecule has 66 valence electrons. The van der Waals surface area contributed by atoms with Gasteiger partial charge in [-0.25, -0.2) is 9.69 Å². The van der Waals surface area contributed by atoms with Crippen LogP contribution in [0.3, 0.4) is 0 Å². The number of cyclic esters (lactones) is 1. The maximum Gasteiger partial charge on any atom is 0.416 e. The number of Topliss-reactive ketones (excluding diaryl/α,β-unsaturated/α-hetero) is 1. The van der Waals surface area contributed by atoms with E-state index in [1.807, 2.05) is 0 Å². The molecule has 0 aromatic rings. The van der Waals surface area contributed by atoms with E-state index in [0.29, 0.717) is 0 Å². The highest BCUT2D eigenvalue weighted by Crippen LogP contribution is 2.05. The molecule has 1 heterocycles. The molecule has 12 heavy (non-hydrogen) atoms. The number of hydrogen-bond donors (Lipinski definition) is 0. The minimum absolute atomic E-state index is 0.225. The number of ether oxygens (including phenoxy) is 1. The molecule has 0 aliphatic carbocycles. The largest absolute Gasteiger partial charge is 0.447 e. The molecule has 0 bridgehead atoms. The van der Waals surface area contributed by atoms with Crippen molar-refractivity contribution >= 4 is 17.8 Å². The molecule has 5 nitrogen and oxygen atoms in total. The summed E-state index contributed by atoms with van der Waals surface area (Å²) >= 11 is 0. The number of rotatable bonds is 2. The van der Waals surface area contributed by atoms with Crippen molar-refractivity contribution in [1.82, 2.24) is 4.90 Å². The standard InChI is InChI=1S/C7H9NO4/c1-5(9)4-6(10)8-2-3-12-7(8)11/h2-4H2,1H3. The molecule has 0 aromatic heterocycles. The van der Waals surface area contributed by atoms with Crippen molar-refractivity contribution in [3.8, 4) is 0 Å². The van der Waals surface area contributed by atoms with E-state index in [2.05, 4.69) is 4.74 Å². The lowest BCUT2D eigenvalue weighted by molar-refractivity contribution is -0.131. The van der Waals surface area contributed by atoms with Gasteiger partial charge in [-0.2, -0.15) is 0 Å². The Labute approximate surface area is 69.3 Å². The van der Waals surface area contributed by atoms with Gasteiger partial charge in [0.25, 0.3) is 0 Å². The highest BCUT2D eigenvalue weighted by molar-refractivity contribution is 6.02. The summed E-state index contributed by atoms with van der Waals surface area (Å²) in [5.74, 6) is -0.732. The van der Waals surface area contributed by atoms with E-state index in [0.717, 1.165) is 4.90 Å². The smallest absolute Gasteiger partial charge is 0.416 e. The molecule has 1 fully saturated rings. The van der Waals surface area contributed by atoms with Gasteiger partial charge < -0.3 is 4.74 Å². The van der Waals surface area contributed by atoms with Crippen LogP contribution < -0.4 is 0 Å². The summed E-state index contributed by atoms with van der Waals surface area (Å²) in [6, 6.07) is 0. The summed E-state index contributed by atoms with van der Waals surface area (Å²) in [5.41, 5.74) is 0. The van der Waals surface area contributed by atoms with Crippen molar-refractivity contribution in [1.29, 1.82) is 0 Å². The molecule has 1 saturated heterocycles. The quantitative estimate of drug-likeness (QED) is 0.546. The molecule has 0 atom stereocenters. The summed E-state index contributed by atoms with van der Waals surface area (Å²) in [5, 5.41) is 0. The van der Waals surface area contributed by atoms with Gasteiger partial charge in [0.1, 0.15) is 12.4 Å². The molecule has 0 N–H and O–H groups in total. The first-order chi connectivity index (χ1) is 5.61. The van der Waals surface area contributed by atoms with Gasteiger partial charge in [-0.05, 0) is 6.92 Å². The predicted octanol–water partition coefficient (Wildman–Crippen LogP) is -0.0557. The van der Waals surface area contributed by atoms with Gasteiger partial charge in [-0.1, -0.05) is 0 Å². The highest BCUT2D eigenvalue weighted by Gasteiger charge is 2.28. The minimum Gasteiger partial charge on any atom is -0.447 e. The number of imide groups is 1. The first-order valence-corrected chi connectivity index (χ1v) is 3.58. The SMILES string of the molecule is CC(=O)CC(=O)N1CCOC1=O. The van der Waals surface area contributed by atoms with Crippen LogP contribution in [-0.2, 0) is 14.3 Å². The molecule has 5 heteroatoms. The fourth-order valence-electron chi connectivity index (χ4n) is 0.928. The lowest BCUT2D eigenvalue weighted by Crippen LogP contribution is -2.32. The molecular formula is C7H9NO4. The van der Waals surface area contributed by atoms with Crippen LogP contribution in [0.2, 0.25) is 0 Å². The van der Waals surface area contributed by atoms with E-state index >= 15 is 0 Å². The third-order valence-electron chi connectivity index (χ3n) is 1.46. The molecule has 0 spiro atoms. The van der Waals surface area contributed by atoms with Crippen LogP contribution >= 0.6 is 0 Å². The molecule has 0 saturated carbocycles. The van der Waals surface area contributed by atoms with Crippen molar-refractivity contribution < 1.29 is 19.1 Å². The first-order valence-electron chi connectivity index (χ1n) is 3.58. The maximum atomic E-state index is 11.1. The summed E-state index contributed by atoms with van der Waals surface area (Å²) in [7, 11) is 0. The van der Waals surface area contributed by atoms with E-state index in [4.69, 9.17) is 0 Å². The number of carbonyl (C=O) groups is 3. The Bertz CT molecular complexity index is 236. The van der Waals surface area contributed by atoms with E-state index in [9.17, 15) is 14.4 Å². The van der Waals surface area contributed by atoms with Crippen molar-refractivity contribution in [2.75, 3.05) is 13.2 Å².